The van der Waals surface area contributed by atoms with Gasteiger partial charge in [0.15, 0.2) is 0 Å². The summed E-state index contributed by atoms with van der Waals surface area (Å²) in [5.74, 6) is -0.649. The first kappa shape index (κ1) is 16.7. The molecule has 2 rings (SSSR count). The average Bonchev–Trinajstić information content (AvgIpc) is 2.62. The van der Waals surface area contributed by atoms with Crippen molar-refractivity contribution in [3.63, 3.8) is 0 Å². The van der Waals surface area contributed by atoms with Gasteiger partial charge in [0.05, 0.1) is 12.1 Å². The highest BCUT2D eigenvalue weighted by atomic mass is 16.2. The number of nitrogens with one attached hydrogen (secondary N) is 1. The zero-order valence-corrected chi connectivity index (χ0v) is 12.8. The third-order valence-electron chi connectivity index (χ3n) is 3.24. The van der Waals surface area contributed by atoms with Crippen LogP contribution >= 0.6 is 0 Å². The lowest BCUT2D eigenvalue weighted by molar-refractivity contribution is 0.0794. The minimum absolute atomic E-state index is 0.154. The second kappa shape index (κ2) is 8.11. The van der Waals surface area contributed by atoms with Crippen LogP contribution in [0.4, 0.5) is 5.69 Å². The van der Waals surface area contributed by atoms with E-state index in [4.69, 9.17) is 10.5 Å². The van der Waals surface area contributed by atoms with Crippen molar-refractivity contribution in [1.82, 2.24) is 4.90 Å². The van der Waals surface area contributed by atoms with Gasteiger partial charge in [-0.15, -0.1) is 0 Å². The minimum Gasteiger partial charge on any atom is -0.322 e. The number of hydrogen-bond acceptors (Lipinski definition) is 4. The molecule has 0 aliphatic heterocycles. The van der Waals surface area contributed by atoms with E-state index in [1.807, 2.05) is 18.2 Å². The van der Waals surface area contributed by atoms with E-state index in [9.17, 15) is 9.59 Å². The van der Waals surface area contributed by atoms with E-state index < -0.39 is 5.91 Å². The SMILES string of the molecule is N#CCN(CC#N)C(=O)c1ccc(NC(=O)c2ccccc2)cc1. The number of rotatable bonds is 5. The average molecular weight is 318 g/mol. The van der Waals surface area contributed by atoms with E-state index in [0.717, 1.165) is 4.90 Å². The van der Waals surface area contributed by atoms with Crippen molar-refractivity contribution in [3.05, 3.63) is 65.7 Å². The highest BCUT2D eigenvalue weighted by molar-refractivity contribution is 6.04. The van der Waals surface area contributed by atoms with Gasteiger partial charge < -0.3 is 10.2 Å². The van der Waals surface area contributed by atoms with Crippen LogP contribution in [-0.2, 0) is 0 Å². The Morgan fingerprint density at radius 1 is 0.875 bits per heavy atom. The first-order chi connectivity index (χ1) is 11.7. The van der Waals surface area contributed by atoms with Crippen LogP contribution in [0.3, 0.4) is 0 Å². The highest BCUT2D eigenvalue weighted by Crippen LogP contribution is 2.13. The fourth-order valence-electron chi connectivity index (χ4n) is 2.04. The molecule has 0 saturated heterocycles. The molecule has 6 nitrogen and oxygen atoms in total. The van der Waals surface area contributed by atoms with Crippen LogP contribution in [-0.4, -0.2) is 29.8 Å². The van der Waals surface area contributed by atoms with Crippen LogP contribution in [0.15, 0.2) is 54.6 Å². The molecular weight excluding hydrogens is 304 g/mol. The lowest BCUT2D eigenvalue weighted by Gasteiger charge is -2.16. The fraction of sp³-hybridized carbons (Fsp3) is 0.111. The molecule has 2 aromatic rings. The van der Waals surface area contributed by atoms with Crippen LogP contribution in [0, 0.1) is 22.7 Å². The van der Waals surface area contributed by atoms with Crippen LogP contribution in [0.25, 0.3) is 0 Å². The smallest absolute Gasteiger partial charge is 0.255 e. The number of carbonyl (C=O) groups is 2. The molecule has 6 heteroatoms. The van der Waals surface area contributed by atoms with E-state index in [1.165, 1.54) is 0 Å². The van der Waals surface area contributed by atoms with Gasteiger partial charge in [-0.3, -0.25) is 9.59 Å². The molecule has 0 spiro atoms. The highest BCUT2D eigenvalue weighted by Gasteiger charge is 2.15. The number of nitrogens with zero attached hydrogens (tertiary/aromatic N) is 3. The number of carbonyl (C=O) groups excluding carboxylic acids is 2. The van der Waals surface area contributed by atoms with E-state index in [1.54, 1.807) is 48.5 Å². The number of hydrogen-bond donors (Lipinski definition) is 1. The standard InChI is InChI=1S/C18H14N4O2/c19-10-12-22(13-11-20)18(24)15-6-8-16(9-7-15)21-17(23)14-4-2-1-3-5-14/h1-9H,12-13H2,(H,21,23). The second-order valence-electron chi connectivity index (χ2n) is 4.87. The summed E-state index contributed by atoms with van der Waals surface area (Å²) in [6, 6.07) is 18.8. The summed E-state index contributed by atoms with van der Waals surface area (Å²) in [7, 11) is 0. The van der Waals surface area contributed by atoms with Gasteiger partial charge in [0.1, 0.15) is 13.1 Å². The fourth-order valence-corrected chi connectivity index (χ4v) is 2.04. The molecule has 0 fully saturated rings. The maximum Gasteiger partial charge on any atom is 0.255 e. The van der Waals surface area contributed by atoms with E-state index in [0.29, 0.717) is 16.8 Å². The van der Waals surface area contributed by atoms with E-state index in [2.05, 4.69) is 5.32 Å². The van der Waals surface area contributed by atoms with E-state index in [-0.39, 0.29) is 19.0 Å². The third kappa shape index (κ3) is 4.19. The zero-order valence-electron chi connectivity index (χ0n) is 12.8. The van der Waals surface area contributed by atoms with Crippen LogP contribution < -0.4 is 5.32 Å². The molecule has 0 atom stereocenters. The monoisotopic (exact) mass is 318 g/mol. The topological polar surface area (TPSA) is 97.0 Å². The summed E-state index contributed by atoms with van der Waals surface area (Å²) in [4.78, 5) is 25.4. The molecule has 2 aromatic carbocycles. The maximum atomic E-state index is 12.2. The number of anilines is 1. The van der Waals surface area contributed by atoms with Gasteiger partial charge in [-0.25, -0.2) is 0 Å². The summed E-state index contributed by atoms with van der Waals surface area (Å²) < 4.78 is 0. The lowest BCUT2D eigenvalue weighted by Crippen LogP contribution is -2.31. The Bertz CT molecular complexity index is 786. The Kier molecular flexibility index (Phi) is 5.65. The predicted molar refractivity (Wildman–Crippen MR) is 88.0 cm³/mol. The number of amides is 2. The molecule has 0 aliphatic rings. The molecule has 0 saturated carbocycles. The third-order valence-corrected chi connectivity index (χ3v) is 3.24. The minimum atomic E-state index is -0.404. The second-order valence-corrected chi connectivity index (χ2v) is 4.87. The summed E-state index contributed by atoms with van der Waals surface area (Å²) >= 11 is 0. The summed E-state index contributed by atoms with van der Waals surface area (Å²) in [6.07, 6.45) is 0. The van der Waals surface area contributed by atoms with Gasteiger partial charge in [-0.2, -0.15) is 10.5 Å². The molecule has 24 heavy (non-hydrogen) atoms. The summed E-state index contributed by atoms with van der Waals surface area (Å²) in [5, 5.41) is 20.2. The van der Waals surface area contributed by atoms with Gasteiger partial charge >= 0.3 is 0 Å². The van der Waals surface area contributed by atoms with Crippen molar-refractivity contribution in [2.24, 2.45) is 0 Å². The predicted octanol–water partition coefficient (Wildman–Crippen LogP) is 2.43. The van der Waals surface area contributed by atoms with Gasteiger partial charge in [-0.1, -0.05) is 18.2 Å². The van der Waals surface area contributed by atoms with Crippen molar-refractivity contribution in [3.8, 4) is 12.1 Å². The van der Waals surface area contributed by atoms with Crippen LogP contribution in [0.1, 0.15) is 20.7 Å². The Hall–Kier alpha value is -3.64. The first-order valence-corrected chi connectivity index (χ1v) is 7.15. The molecular formula is C18H14N4O2. The Balaban J connectivity index is 2.08. The van der Waals surface area contributed by atoms with Gasteiger partial charge in [0.2, 0.25) is 0 Å². The van der Waals surface area contributed by atoms with Crippen molar-refractivity contribution in [1.29, 1.82) is 10.5 Å². The van der Waals surface area contributed by atoms with Crippen molar-refractivity contribution in [2.75, 3.05) is 18.4 Å². The largest absolute Gasteiger partial charge is 0.322 e. The summed E-state index contributed by atoms with van der Waals surface area (Å²) in [6.45, 7) is -0.308. The normalized spacial score (nSPS) is 9.42. The molecule has 2 amide bonds. The van der Waals surface area contributed by atoms with Crippen molar-refractivity contribution in [2.45, 2.75) is 0 Å². The zero-order chi connectivity index (χ0) is 17.4. The molecule has 0 radical (unpaired) electrons. The van der Waals surface area contributed by atoms with Crippen LogP contribution in [0.5, 0.6) is 0 Å². The molecule has 0 heterocycles. The van der Waals surface area contributed by atoms with Gasteiger partial charge in [0, 0.05) is 16.8 Å². The quantitative estimate of drug-likeness (QED) is 0.856. The Labute approximate surface area is 139 Å². The molecule has 0 unspecified atom stereocenters. The summed E-state index contributed by atoms with van der Waals surface area (Å²) in [5.41, 5.74) is 1.43. The van der Waals surface area contributed by atoms with Gasteiger partial charge in [0.25, 0.3) is 11.8 Å². The van der Waals surface area contributed by atoms with Crippen LogP contribution in [0.2, 0.25) is 0 Å². The molecule has 0 aliphatic carbocycles. The van der Waals surface area contributed by atoms with Crippen molar-refractivity contribution < 1.29 is 9.59 Å². The Morgan fingerprint density at radius 3 is 2.00 bits per heavy atom. The molecule has 0 aromatic heterocycles. The van der Waals surface area contributed by atoms with Gasteiger partial charge in [-0.05, 0) is 36.4 Å². The molecule has 0 bridgehead atoms. The Morgan fingerprint density at radius 2 is 1.46 bits per heavy atom. The van der Waals surface area contributed by atoms with Crippen molar-refractivity contribution >= 4 is 17.5 Å². The number of nitriles is 2. The number of benzene rings is 2. The molecule has 1 N–H and O–H groups in total. The maximum absolute atomic E-state index is 12.2. The molecule has 118 valence electrons. The first-order valence-electron chi connectivity index (χ1n) is 7.15. The van der Waals surface area contributed by atoms with E-state index >= 15 is 0 Å². The lowest BCUT2D eigenvalue weighted by atomic mass is 10.1.